The Hall–Kier alpha value is -2.11. The van der Waals surface area contributed by atoms with Crippen molar-refractivity contribution in [1.29, 1.82) is 0 Å². The molecule has 1 aromatic heterocycles. The predicted octanol–water partition coefficient (Wildman–Crippen LogP) is 2.27. The first-order valence-corrected chi connectivity index (χ1v) is 9.36. The number of fused-ring (bicyclic) bond motifs is 1. The number of carbonyl (C=O) groups is 2. The molecule has 0 radical (unpaired) electrons. The lowest BCUT2D eigenvalue weighted by molar-refractivity contribution is -0.130. The van der Waals surface area contributed by atoms with Gasteiger partial charge in [0.2, 0.25) is 5.91 Å². The van der Waals surface area contributed by atoms with Gasteiger partial charge in [0.05, 0.1) is 12.5 Å². The quantitative estimate of drug-likeness (QED) is 0.772. The van der Waals surface area contributed by atoms with Crippen LogP contribution in [0.2, 0.25) is 0 Å². The van der Waals surface area contributed by atoms with E-state index in [-0.39, 0.29) is 30.3 Å². The highest BCUT2D eigenvalue weighted by Crippen LogP contribution is 2.38. The normalized spacial score (nSPS) is 20.4. The summed E-state index contributed by atoms with van der Waals surface area (Å²) in [7, 11) is 0. The van der Waals surface area contributed by atoms with E-state index >= 15 is 0 Å². The van der Waals surface area contributed by atoms with Crippen LogP contribution in [0.3, 0.4) is 0 Å². The van der Waals surface area contributed by atoms with Crippen LogP contribution >= 0.6 is 0 Å². The minimum atomic E-state index is -0.0498. The zero-order valence-electron chi connectivity index (χ0n) is 15.2. The summed E-state index contributed by atoms with van der Waals surface area (Å²) in [6, 6.07) is 2.29. The van der Waals surface area contributed by atoms with Crippen molar-refractivity contribution in [1.82, 2.24) is 20.0 Å². The van der Waals surface area contributed by atoms with E-state index in [0.717, 1.165) is 44.2 Å². The van der Waals surface area contributed by atoms with Crippen molar-refractivity contribution in [3.8, 4) is 0 Å². The highest BCUT2D eigenvalue weighted by molar-refractivity contribution is 6.02. The summed E-state index contributed by atoms with van der Waals surface area (Å²) < 4.78 is 1.85. The van der Waals surface area contributed by atoms with Gasteiger partial charge in [-0.2, -0.15) is 5.10 Å². The zero-order chi connectivity index (χ0) is 17.8. The molecule has 0 saturated heterocycles. The molecule has 1 aliphatic heterocycles. The molecule has 0 aromatic carbocycles. The standard InChI is InChI=1S/C19H28N4O2/c1-14(2)23-17-8-4-3-7-15(17)16(19(23)25)13-18(24)20-9-5-11-22-12-6-10-21-22/h6,10,12,14,17H,3-5,7-9,11,13H2,1-2H3,(H,20,24). The topological polar surface area (TPSA) is 67.2 Å². The number of amides is 2. The molecule has 1 aromatic rings. The van der Waals surface area contributed by atoms with Crippen LogP contribution in [0.1, 0.15) is 52.4 Å². The molecule has 3 rings (SSSR count). The average molecular weight is 344 g/mol. The molecular weight excluding hydrogens is 316 g/mol. The van der Waals surface area contributed by atoms with Gasteiger partial charge in [0.15, 0.2) is 0 Å². The van der Waals surface area contributed by atoms with Gasteiger partial charge < -0.3 is 10.2 Å². The van der Waals surface area contributed by atoms with Crippen LogP contribution in [0.25, 0.3) is 0 Å². The molecule has 25 heavy (non-hydrogen) atoms. The smallest absolute Gasteiger partial charge is 0.251 e. The Morgan fingerprint density at radius 1 is 1.40 bits per heavy atom. The van der Waals surface area contributed by atoms with E-state index in [4.69, 9.17) is 0 Å². The molecule has 0 spiro atoms. The molecule has 1 unspecified atom stereocenters. The molecule has 1 saturated carbocycles. The lowest BCUT2D eigenvalue weighted by Gasteiger charge is -2.33. The summed E-state index contributed by atoms with van der Waals surface area (Å²) in [5, 5.41) is 7.09. The lowest BCUT2D eigenvalue weighted by atomic mass is 9.88. The van der Waals surface area contributed by atoms with Gasteiger partial charge in [0.25, 0.3) is 5.91 Å². The number of aromatic nitrogens is 2. The SMILES string of the molecule is CC(C)N1C(=O)C(CC(=O)NCCCn2cccn2)=C2CCCCC21. The number of rotatable bonds is 7. The van der Waals surface area contributed by atoms with Crippen LogP contribution < -0.4 is 5.32 Å². The molecule has 2 amide bonds. The minimum Gasteiger partial charge on any atom is -0.356 e. The van der Waals surface area contributed by atoms with Gasteiger partial charge >= 0.3 is 0 Å². The van der Waals surface area contributed by atoms with Crippen molar-refractivity contribution in [2.45, 2.75) is 71.0 Å². The third-order valence-electron chi connectivity index (χ3n) is 5.13. The Morgan fingerprint density at radius 3 is 2.96 bits per heavy atom. The van der Waals surface area contributed by atoms with E-state index in [0.29, 0.717) is 6.54 Å². The molecule has 1 N–H and O–H groups in total. The molecule has 1 atom stereocenters. The van der Waals surface area contributed by atoms with Crippen molar-refractivity contribution in [2.75, 3.05) is 6.54 Å². The van der Waals surface area contributed by atoms with Crippen molar-refractivity contribution in [3.05, 3.63) is 29.6 Å². The Morgan fingerprint density at radius 2 is 2.24 bits per heavy atom. The molecule has 6 heteroatoms. The van der Waals surface area contributed by atoms with E-state index in [1.165, 1.54) is 5.57 Å². The Bertz CT molecular complexity index is 648. The van der Waals surface area contributed by atoms with Crippen LogP contribution in [0.5, 0.6) is 0 Å². The van der Waals surface area contributed by atoms with Crippen LogP contribution in [0.15, 0.2) is 29.6 Å². The fourth-order valence-corrected chi connectivity index (χ4v) is 4.00. The number of aryl methyl sites for hydroxylation is 1. The van der Waals surface area contributed by atoms with Crippen LogP contribution in [-0.2, 0) is 16.1 Å². The third-order valence-corrected chi connectivity index (χ3v) is 5.13. The van der Waals surface area contributed by atoms with E-state index < -0.39 is 0 Å². The maximum Gasteiger partial charge on any atom is 0.251 e. The van der Waals surface area contributed by atoms with Crippen LogP contribution in [0.4, 0.5) is 0 Å². The van der Waals surface area contributed by atoms with Gasteiger partial charge in [-0.05, 0) is 51.2 Å². The second-order valence-corrected chi connectivity index (χ2v) is 7.22. The molecule has 1 aliphatic carbocycles. The Kier molecular flexibility index (Phi) is 5.56. The summed E-state index contributed by atoms with van der Waals surface area (Å²) in [6.45, 7) is 5.50. The summed E-state index contributed by atoms with van der Waals surface area (Å²) in [6.07, 6.45) is 8.99. The minimum absolute atomic E-state index is 0.0498. The Balaban J connectivity index is 1.55. The van der Waals surface area contributed by atoms with Gasteiger partial charge in [0, 0.05) is 37.1 Å². The maximum atomic E-state index is 12.8. The van der Waals surface area contributed by atoms with Crippen LogP contribution in [0, 0.1) is 0 Å². The highest BCUT2D eigenvalue weighted by atomic mass is 16.2. The Labute approximate surface area is 149 Å². The summed E-state index contributed by atoms with van der Waals surface area (Å²) in [4.78, 5) is 27.1. The first kappa shape index (κ1) is 17.7. The first-order valence-electron chi connectivity index (χ1n) is 9.36. The average Bonchev–Trinajstić information content (AvgIpc) is 3.19. The third kappa shape index (κ3) is 3.94. The zero-order valence-corrected chi connectivity index (χ0v) is 15.2. The largest absolute Gasteiger partial charge is 0.356 e. The van der Waals surface area contributed by atoms with E-state index in [9.17, 15) is 9.59 Å². The van der Waals surface area contributed by atoms with E-state index in [2.05, 4.69) is 24.3 Å². The van der Waals surface area contributed by atoms with Gasteiger partial charge in [-0.3, -0.25) is 14.3 Å². The molecular formula is C19H28N4O2. The van der Waals surface area contributed by atoms with Crippen molar-refractivity contribution < 1.29 is 9.59 Å². The van der Waals surface area contributed by atoms with Gasteiger partial charge in [-0.15, -0.1) is 0 Å². The summed E-state index contributed by atoms with van der Waals surface area (Å²) in [5.74, 6) is 0.0230. The molecule has 2 heterocycles. The fraction of sp³-hybridized carbons (Fsp3) is 0.632. The van der Waals surface area contributed by atoms with Crippen molar-refractivity contribution in [3.63, 3.8) is 0 Å². The van der Waals surface area contributed by atoms with Crippen molar-refractivity contribution in [2.24, 2.45) is 0 Å². The second kappa shape index (κ2) is 7.85. The highest BCUT2D eigenvalue weighted by Gasteiger charge is 2.41. The van der Waals surface area contributed by atoms with Crippen LogP contribution in [-0.4, -0.2) is 45.1 Å². The van der Waals surface area contributed by atoms with E-state index in [1.807, 2.05) is 21.8 Å². The lowest BCUT2D eigenvalue weighted by Crippen LogP contribution is -2.41. The number of hydrogen-bond acceptors (Lipinski definition) is 3. The number of carbonyl (C=O) groups excluding carboxylic acids is 2. The number of nitrogens with one attached hydrogen (secondary N) is 1. The first-order chi connectivity index (χ1) is 12.1. The van der Waals surface area contributed by atoms with Crippen molar-refractivity contribution >= 4 is 11.8 Å². The predicted molar refractivity (Wildman–Crippen MR) is 95.7 cm³/mol. The second-order valence-electron chi connectivity index (χ2n) is 7.22. The molecule has 6 nitrogen and oxygen atoms in total. The molecule has 1 fully saturated rings. The summed E-state index contributed by atoms with van der Waals surface area (Å²) >= 11 is 0. The number of hydrogen-bond donors (Lipinski definition) is 1. The van der Waals surface area contributed by atoms with Gasteiger partial charge in [-0.25, -0.2) is 0 Å². The maximum absolute atomic E-state index is 12.8. The van der Waals surface area contributed by atoms with Gasteiger partial charge in [0.1, 0.15) is 0 Å². The molecule has 136 valence electrons. The van der Waals surface area contributed by atoms with E-state index in [1.54, 1.807) is 6.20 Å². The number of nitrogens with zero attached hydrogens (tertiary/aromatic N) is 3. The molecule has 0 bridgehead atoms. The summed E-state index contributed by atoms with van der Waals surface area (Å²) in [5.41, 5.74) is 1.97. The fourth-order valence-electron chi connectivity index (χ4n) is 4.00. The monoisotopic (exact) mass is 344 g/mol. The molecule has 2 aliphatic rings. The van der Waals surface area contributed by atoms with Gasteiger partial charge in [-0.1, -0.05) is 6.42 Å².